The van der Waals surface area contributed by atoms with E-state index in [1.165, 1.54) is 23.9 Å². The second-order valence-corrected chi connectivity index (χ2v) is 7.59. The van der Waals surface area contributed by atoms with E-state index in [1.807, 2.05) is 11.0 Å². The lowest BCUT2D eigenvalue weighted by Crippen LogP contribution is -2.30. The number of hydrogen-bond acceptors (Lipinski definition) is 4. The smallest absolute Gasteiger partial charge is 0.371 e. The number of benzene rings is 1. The summed E-state index contributed by atoms with van der Waals surface area (Å²) in [5.74, 6) is -0.0280. The Hall–Kier alpha value is -1.89. The largest absolute Gasteiger partial charge is 0.418 e. The predicted octanol–water partition coefficient (Wildman–Crippen LogP) is 4.95. The van der Waals surface area contributed by atoms with Gasteiger partial charge in [0.1, 0.15) is 0 Å². The Morgan fingerprint density at radius 2 is 1.84 bits per heavy atom. The summed E-state index contributed by atoms with van der Waals surface area (Å²) in [5.41, 5.74) is 0.654. The summed E-state index contributed by atoms with van der Waals surface area (Å²) in [6.45, 7) is 1.56. The van der Waals surface area contributed by atoms with Crippen molar-refractivity contribution in [1.82, 2.24) is 0 Å². The van der Waals surface area contributed by atoms with E-state index < -0.39 is 11.7 Å². The molecule has 2 heterocycles. The van der Waals surface area contributed by atoms with Crippen LogP contribution >= 0.6 is 11.8 Å². The van der Waals surface area contributed by atoms with Gasteiger partial charge < -0.3 is 10.2 Å². The number of nitrogens with zero attached hydrogens (tertiary/aromatic N) is 1. The van der Waals surface area contributed by atoms with Crippen LogP contribution in [0.25, 0.3) is 0 Å². The van der Waals surface area contributed by atoms with Gasteiger partial charge in [-0.1, -0.05) is 11.8 Å². The number of allylic oxidation sites excluding steroid dienone is 3. The average molecular weight is 366 g/mol. The van der Waals surface area contributed by atoms with Gasteiger partial charge in [0.2, 0.25) is 0 Å². The minimum absolute atomic E-state index is 0.0280. The van der Waals surface area contributed by atoms with Crippen LogP contribution in [0.2, 0.25) is 0 Å². The Morgan fingerprint density at radius 3 is 2.56 bits per heavy atom. The molecular formula is C18H17F3N2OS. The van der Waals surface area contributed by atoms with Gasteiger partial charge in [-0.25, -0.2) is 0 Å². The van der Waals surface area contributed by atoms with Crippen molar-refractivity contribution >= 4 is 28.9 Å². The highest BCUT2D eigenvalue weighted by Gasteiger charge is 2.37. The first-order chi connectivity index (χ1) is 11.9. The Balaban J connectivity index is 1.78. The molecule has 1 N–H and O–H groups in total. The maximum Gasteiger partial charge on any atom is 0.418 e. The molecule has 0 amide bonds. The molecular weight excluding hydrogens is 349 g/mol. The summed E-state index contributed by atoms with van der Waals surface area (Å²) < 4.78 is 41.0. The van der Waals surface area contributed by atoms with Crippen LogP contribution in [-0.2, 0) is 11.0 Å². The number of rotatable bonds is 1. The monoisotopic (exact) mass is 366 g/mol. The molecule has 0 saturated carbocycles. The lowest BCUT2D eigenvalue weighted by Gasteiger charge is -2.32. The van der Waals surface area contributed by atoms with E-state index in [9.17, 15) is 18.0 Å². The number of nitrogens with one attached hydrogen (secondary N) is 1. The molecule has 1 saturated heterocycles. The zero-order chi connectivity index (χ0) is 17.6. The van der Waals surface area contributed by atoms with E-state index in [2.05, 4.69) is 5.32 Å². The fourth-order valence-electron chi connectivity index (χ4n) is 3.42. The molecule has 1 aromatic carbocycles. The maximum absolute atomic E-state index is 13.7. The molecule has 0 bridgehead atoms. The normalized spacial score (nSPS) is 20.3. The third-order valence-electron chi connectivity index (χ3n) is 4.68. The van der Waals surface area contributed by atoms with E-state index in [0.29, 0.717) is 16.3 Å². The number of halogens is 3. The van der Waals surface area contributed by atoms with Gasteiger partial charge in [-0.05, 0) is 43.5 Å². The SMILES string of the molecule is O=C1C=CC2=C(C1)Sc1cc(N3CCCCC3)cc(C(F)(F)F)c1N2. The van der Waals surface area contributed by atoms with E-state index in [0.717, 1.165) is 37.3 Å². The minimum atomic E-state index is -4.43. The van der Waals surface area contributed by atoms with Crippen molar-refractivity contribution in [3.8, 4) is 0 Å². The molecule has 0 unspecified atom stereocenters. The van der Waals surface area contributed by atoms with Crippen LogP contribution in [0.3, 0.4) is 0 Å². The number of carbonyl (C=O) groups excluding carboxylic acids is 1. The molecule has 132 valence electrons. The number of carbonyl (C=O) groups is 1. The maximum atomic E-state index is 13.7. The van der Waals surface area contributed by atoms with E-state index in [-0.39, 0.29) is 17.9 Å². The van der Waals surface area contributed by atoms with Gasteiger partial charge in [-0.2, -0.15) is 13.2 Å². The van der Waals surface area contributed by atoms with Crippen LogP contribution in [0.4, 0.5) is 24.5 Å². The van der Waals surface area contributed by atoms with Crippen LogP contribution in [-0.4, -0.2) is 18.9 Å². The molecule has 25 heavy (non-hydrogen) atoms. The van der Waals surface area contributed by atoms with Gasteiger partial charge in [0.25, 0.3) is 0 Å². The van der Waals surface area contributed by atoms with Crippen LogP contribution < -0.4 is 10.2 Å². The van der Waals surface area contributed by atoms with Crippen molar-refractivity contribution in [3.05, 3.63) is 40.5 Å². The molecule has 1 aliphatic carbocycles. The fraction of sp³-hybridized carbons (Fsp3) is 0.389. The number of hydrogen-bond donors (Lipinski definition) is 1. The highest BCUT2D eigenvalue weighted by atomic mass is 32.2. The summed E-state index contributed by atoms with van der Waals surface area (Å²) in [5, 5.41) is 2.91. The van der Waals surface area contributed by atoms with Gasteiger partial charge in [-0.3, -0.25) is 4.79 Å². The van der Waals surface area contributed by atoms with Gasteiger partial charge in [0, 0.05) is 40.7 Å². The molecule has 0 atom stereocenters. The van der Waals surface area contributed by atoms with Crippen LogP contribution in [0.1, 0.15) is 31.2 Å². The third kappa shape index (κ3) is 3.17. The number of alkyl halides is 3. The first-order valence-electron chi connectivity index (χ1n) is 8.31. The van der Waals surface area contributed by atoms with Crippen molar-refractivity contribution in [1.29, 1.82) is 0 Å². The third-order valence-corrected chi connectivity index (χ3v) is 5.83. The fourth-order valence-corrected chi connectivity index (χ4v) is 4.57. The van der Waals surface area contributed by atoms with Crippen molar-refractivity contribution in [2.45, 2.75) is 36.8 Å². The second kappa shape index (κ2) is 6.12. The molecule has 1 fully saturated rings. The summed E-state index contributed by atoms with van der Waals surface area (Å²) in [4.78, 5) is 15.0. The molecule has 2 aliphatic heterocycles. The highest BCUT2D eigenvalue weighted by molar-refractivity contribution is 8.03. The number of piperidine rings is 1. The molecule has 7 heteroatoms. The summed E-state index contributed by atoms with van der Waals surface area (Å²) >= 11 is 1.27. The van der Waals surface area contributed by atoms with Crippen molar-refractivity contribution in [2.75, 3.05) is 23.3 Å². The molecule has 4 rings (SSSR count). The van der Waals surface area contributed by atoms with Crippen molar-refractivity contribution in [2.24, 2.45) is 0 Å². The zero-order valence-electron chi connectivity index (χ0n) is 13.4. The molecule has 3 aliphatic rings. The van der Waals surface area contributed by atoms with E-state index >= 15 is 0 Å². The highest BCUT2D eigenvalue weighted by Crippen LogP contribution is 2.49. The van der Waals surface area contributed by atoms with Crippen molar-refractivity contribution < 1.29 is 18.0 Å². The lowest BCUT2D eigenvalue weighted by molar-refractivity contribution is -0.137. The Morgan fingerprint density at radius 1 is 1.08 bits per heavy atom. The Kier molecular flexibility index (Phi) is 4.06. The molecule has 3 nitrogen and oxygen atoms in total. The number of thioether (sulfide) groups is 1. The average Bonchev–Trinajstić information content (AvgIpc) is 2.59. The lowest BCUT2D eigenvalue weighted by atomic mass is 10.1. The zero-order valence-corrected chi connectivity index (χ0v) is 14.3. The molecule has 0 aromatic heterocycles. The molecule has 1 aromatic rings. The predicted molar refractivity (Wildman–Crippen MR) is 92.8 cm³/mol. The van der Waals surface area contributed by atoms with Crippen molar-refractivity contribution in [3.63, 3.8) is 0 Å². The number of anilines is 2. The Bertz CT molecular complexity index is 792. The summed E-state index contributed by atoms with van der Waals surface area (Å²) in [6, 6.07) is 3.07. The molecule has 0 radical (unpaired) electrons. The number of fused-ring (bicyclic) bond motifs is 1. The van der Waals surface area contributed by atoms with Gasteiger partial charge in [0.15, 0.2) is 5.78 Å². The van der Waals surface area contributed by atoms with E-state index in [4.69, 9.17) is 0 Å². The first kappa shape index (κ1) is 16.6. The van der Waals surface area contributed by atoms with Gasteiger partial charge in [0.05, 0.1) is 11.3 Å². The second-order valence-electron chi connectivity index (χ2n) is 6.45. The van der Waals surface area contributed by atoms with Crippen LogP contribution in [0.5, 0.6) is 0 Å². The number of ketones is 1. The van der Waals surface area contributed by atoms with Gasteiger partial charge in [-0.15, -0.1) is 0 Å². The molecule has 0 spiro atoms. The standard InChI is InChI=1S/C18H17F3N2OS/c19-18(20,21)13-8-11(23-6-2-1-3-7-23)9-16-17(13)22-14-5-4-12(24)10-15(14)25-16/h4-5,8-9,22H,1-3,6-7,10H2. The summed E-state index contributed by atoms with van der Waals surface area (Å²) in [6.07, 6.45) is 1.89. The minimum Gasteiger partial charge on any atom is -0.371 e. The van der Waals surface area contributed by atoms with Crippen LogP contribution in [0.15, 0.2) is 39.8 Å². The van der Waals surface area contributed by atoms with Crippen LogP contribution in [0, 0.1) is 0 Å². The summed E-state index contributed by atoms with van der Waals surface area (Å²) in [7, 11) is 0. The quantitative estimate of drug-likeness (QED) is 0.762. The first-order valence-corrected chi connectivity index (χ1v) is 9.12. The topological polar surface area (TPSA) is 32.3 Å². The Labute approximate surface area is 148 Å². The van der Waals surface area contributed by atoms with E-state index in [1.54, 1.807) is 6.08 Å². The van der Waals surface area contributed by atoms with Gasteiger partial charge >= 0.3 is 6.18 Å².